The highest BCUT2D eigenvalue weighted by Crippen LogP contribution is 2.12. The van der Waals surface area contributed by atoms with Crippen LogP contribution in [0.5, 0.6) is 0 Å². The third-order valence-corrected chi connectivity index (χ3v) is 3.18. The van der Waals surface area contributed by atoms with Crippen LogP contribution in [0, 0.1) is 0 Å². The van der Waals surface area contributed by atoms with Crippen LogP contribution in [0.4, 0.5) is 0 Å². The summed E-state index contributed by atoms with van der Waals surface area (Å²) in [7, 11) is 0. The Labute approximate surface area is 98.7 Å². The highest BCUT2D eigenvalue weighted by atomic mass is 32.2. The van der Waals surface area contributed by atoms with Gasteiger partial charge in [-0.1, -0.05) is 0 Å². The molecule has 1 N–H and O–H groups in total. The summed E-state index contributed by atoms with van der Waals surface area (Å²) in [6.07, 6.45) is 6.49. The molecule has 1 rings (SSSR count). The second-order valence-electron chi connectivity index (χ2n) is 3.21. The average molecular weight is 248 g/mol. The summed E-state index contributed by atoms with van der Waals surface area (Å²) < 4.78 is 0. The zero-order chi connectivity index (χ0) is 11.3. The van der Waals surface area contributed by atoms with Crippen LogP contribution in [0.2, 0.25) is 0 Å². The van der Waals surface area contributed by atoms with Gasteiger partial charge in [0.25, 0.3) is 0 Å². The van der Waals surface area contributed by atoms with Gasteiger partial charge in [-0.25, -0.2) is 0 Å². The van der Waals surface area contributed by atoms with Crippen LogP contribution >= 0.6 is 23.5 Å². The van der Waals surface area contributed by atoms with Crippen molar-refractivity contribution in [3.8, 4) is 0 Å². The predicted molar refractivity (Wildman–Crippen MR) is 65.5 cm³/mol. The van der Waals surface area contributed by atoms with E-state index in [0.717, 1.165) is 0 Å². The Morgan fingerprint density at radius 1 is 1.47 bits per heavy atom. The first-order valence-electron chi connectivity index (χ1n) is 4.58. The highest BCUT2D eigenvalue weighted by Gasteiger charge is 2.22. The Balaban J connectivity index is 2.65. The zero-order valence-corrected chi connectivity index (χ0v) is 10.6. The van der Waals surface area contributed by atoms with Gasteiger partial charge in [-0.3, -0.25) is 4.79 Å². The van der Waals surface area contributed by atoms with E-state index in [1.165, 1.54) is 6.08 Å². The van der Waals surface area contributed by atoms with Crippen molar-refractivity contribution >= 4 is 29.4 Å². The smallest absolute Gasteiger partial charge is 0.248 e. The number of amides is 1. The average Bonchev–Trinajstić information content (AvgIpc) is 2.33. The number of aliphatic hydroxyl groups is 1. The maximum atomic E-state index is 11.6. The minimum absolute atomic E-state index is 0.0352. The molecule has 0 aromatic heterocycles. The minimum Gasteiger partial charge on any atom is -0.372 e. The second-order valence-corrected chi connectivity index (χ2v) is 4.88. The van der Waals surface area contributed by atoms with E-state index < -0.39 is 6.23 Å². The molecule has 1 aliphatic rings. The summed E-state index contributed by atoms with van der Waals surface area (Å²) >= 11 is 3.19. The monoisotopic (exact) mass is 248 g/mol. The molecular formula is C9H16N2O2S2. The quantitative estimate of drug-likeness (QED) is 0.789. The fraction of sp³-hybridized carbons (Fsp3) is 0.667. The van der Waals surface area contributed by atoms with Gasteiger partial charge in [-0.05, 0) is 12.5 Å². The van der Waals surface area contributed by atoms with Crippen LogP contribution in [-0.4, -0.2) is 57.9 Å². The lowest BCUT2D eigenvalue weighted by atomic mass is 10.5. The molecule has 1 unspecified atom stereocenters. The van der Waals surface area contributed by atoms with Crippen LogP contribution in [0.25, 0.3) is 0 Å². The minimum atomic E-state index is -0.604. The number of β-amino-alcohol motifs (C(OH)–C–C–N with tert-alkyl or cyclic N) is 1. The molecule has 0 fully saturated rings. The maximum Gasteiger partial charge on any atom is 0.248 e. The number of hydrogen-bond donors (Lipinski definition) is 1. The maximum absolute atomic E-state index is 11.6. The van der Waals surface area contributed by atoms with Gasteiger partial charge in [0.15, 0.2) is 0 Å². The molecule has 0 saturated heterocycles. The number of carbonyl (C=O) groups is 1. The van der Waals surface area contributed by atoms with E-state index in [9.17, 15) is 9.90 Å². The SMILES string of the molecule is CSCN1CC(O)N(CSC)C=CC1=O. The van der Waals surface area contributed by atoms with Crippen molar-refractivity contribution in [3.05, 3.63) is 12.3 Å². The fourth-order valence-electron chi connectivity index (χ4n) is 1.31. The molecule has 1 atom stereocenters. The topological polar surface area (TPSA) is 43.8 Å². The lowest BCUT2D eigenvalue weighted by Gasteiger charge is -2.27. The van der Waals surface area contributed by atoms with Gasteiger partial charge in [0.05, 0.1) is 18.3 Å². The molecule has 0 bridgehead atoms. The van der Waals surface area contributed by atoms with E-state index in [2.05, 4.69) is 0 Å². The number of thioether (sulfide) groups is 2. The molecule has 0 aliphatic carbocycles. The number of rotatable bonds is 4. The highest BCUT2D eigenvalue weighted by molar-refractivity contribution is 7.98. The van der Waals surface area contributed by atoms with E-state index in [1.54, 1.807) is 39.5 Å². The molecule has 1 aliphatic heterocycles. The largest absolute Gasteiger partial charge is 0.372 e. The summed E-state index contributed by atoms with van der Waals surface area (Å²) in [5.74, 6) is 1.28. The number of aliphatic hydroxyl groups excluding tert-OH is 1. The molecule has 1 amide bonds. The second kappa shape index (κ2) is 6.30. The first-order chi connectivity index (χ1) is 7.19. The molecule has 86 valence electrons. The van der Waals surface area contributed by atoms with Crippen LogP contribution < -0.4 is 0 Å². The number of carbonyl (C=O) groups excluding carboxylic acids is 1. The van der Waals surface area contributed by atoms with Crippen molar-refractivity contribution in [1.29, 1.82) is 0 Å². The Hall–Kier alpha value is -0.330. The molecule has 0 radical (unpaired) electrons. The van der Waals surface area contributed by atoms with Gasteiger partial charge in [-0.2, -0.15) is 0 Å². The Morgan fingerprint density at radius 2 is 2.13 bits per heavy atom. The summed E-state index contributed by atoms with van der Waals surface area (Å²) in [5, 5.41) is 9.85. The van der Waals surface area contributed by atoms with Crippen LogP contribution in [0.3, 0.4) is 0 Å². The molecule has 4 nitrogen and oxygen atoms in total. The lowest BCUT2D eigenvalue weighted by Crippen LogP contribution is -2.40. The Bertz CT molecular complexity index is 244. The number of nitrogens with zero attached hydrogens (tertiary/aromatic N) is 2. The molecule has 1 heterocycles. The third-order valence-electron chi connectivity index (χ3n) is 2.05. The third kappa shape index (κ3) is 3.62. The molecular weight excluding hydrogens is 232 g/mol. The van der Waals surface area contributed by atoms with E-state index in [1.807, 2.05) is 12.5 Å². The standard InChI is InChI=1S/C9H16N2O2S2/c1-14-6-10-4-3-8(12)11(7-15-2)5-9(10)13/h3-4,9,13H,5-7H2,1-2H3. The van der Waals surface area contributed by atoms with Gasteiger partial charge < -0.3 is 14.9 Å². The molecule has 0 aromatic rings. The van der Waals surface area contributed by atoms with E-state index in [-0.39, 0.29) is 5.91 Å². The van der Waals surface area contributed by atoms with Gasteiger partial charge in [0, 0.05) is 12.3 Å². The molecule has 6 heteroatoms. The molecule has 0 spiro atoms. The summed E-state index contributed by atoms with van der Waals surface area (Å²) in [6, 6.07) is 0. The summed E-state index contributed by atoms with van der Waals surface area (Å²) in [6.45, 7) is 0.368. The first kappa shape index (κ1) is 12.7. The van der Waals surface area contributed by atoms with Crippen molar-refractivity contribution in [2.45, 2.75) is 6.23 Å². The number of hydrogen-bond acceptors (Lipinski definition) is 5. The van der Waals surface area contributed by atoms with Gasteiger partial charge in [-0.15, -0.1) is 23.5 Å². The lowest BCUT2D eigenvalue weighted by molar-refractivity contribution is -0.126. The molecule has 0 aromatic carbocycles. The summed E-state index contributed by atoms with van der Waals surface area (Å²) in [5.41, 5.74) is 0. The fourth-order valence-corrected chi connectivity index (χ4v) is 2.41. The van der Waals surface area contributed by atoms with Crippen LogP contribution in [0.1, 0.15) is 0 Å². The van der Waals surface area contributed by atoms with Crippen molar-refractivity contribution in [3.63, 3.8) is 0 Å². The van der Waals surface area contributed by atoms with E-state index in [0.29, 0.717) is 18.3 Å². The van der Waals surface area contributed by atoms with Gasteiger partial charge in [0.2, 0.25) is 5.91 Å². The predicted octanol–water partition coefficient (Wildman–Crippen LogP) is 0.604. The van der Waals surface area contributed by atoms with Crippen molar-refractivity contribution in [2.75, 3.05) is 30.8 Å². The van der Waals surface area contributed by atoms with Crippen molar-refractivity contribution in [1.82, 2.24) is 9.80 Å². The van der Waals surface area contributed by atoms with Crippen molar-refractivity contribution < 1.29 is 9.90 Å². The van der Waals surface area contributed by atoms with E-state index in [4.69, 9.17) is 0 Å². The Morgan fingerprint density at radius 3 is 2.73 bits per heavy atom. The van der Waals surface area contributed by atoms with Crippen LogP contribution in [0.15, 0.2) is 12.3 Å². The zero-order valence-electron chi connectivity index (χ0n) is 8.92. The van der Waals surface area contributed by atoms with Crippen molar-refractivity contribution in [2.24, 2.45) is 0 Å². The molecule has 0 saturated carbocycles. The van der Waals surface area contributed by atoms with Crippen LogP contribution in [-0.2, 0) is 4.79 Å². The normalized spacial score (nSPS) is 22.1. The van der Waals surface area contributed by atoms with Gasteiger partial charge in [0.1, 0.15) is 6.23 Å². The Kier molecular flexibility index (Phi) is 5.35. The molecule has 15 heavy (non-hydrogen) atoms. The van der Waals surface area contributed by atoms with Gasteiger partial charge >= 0.3 is 0 Å². The first-order valence-corrected chi connectivity index (χ1v) is 7.36. The van der Waals surface area contributed by atoms with E-state index >= 15 is 0 Å². The summed E-state index contributed by atoms with van der Waals surface area (Å²) in [4.78, 5) is 15.0.